The first-order chi connectivity index (χ1) is 9.49. The summed E-state index contributed by atoms with van der Waals surface area (Å²) in [6.07, 6.45) is 0. The molecule has 0 saturated heterocycles. The van der Waals surface area contributed by atoms with Gasteiger partial charge in [-0.05, 0) is 43.7 Å². The minimum atomic E-state index is -0.228. The van der Waals surface area contributed by atoms with E-state index in [1.165, 1.54) is 0 Å². The molecule has 0 radical (unpaired) electrons. The number of rotatable bonds is 4. The van der Waals surface area contributed by atoms with Crippen LogP contribution < -0.4 is 5.32 Å². The van der Waals surface area contributed by atoms with Crippen molar-refractivity contribution in [3.8, 4) is 17.2 Å². The summed E-state index contributed by atoms with van der Waals surface area (Å²) >= 11 is 0. The van der Waals surface area contributed by atoms with Gasteiger partial charge in [0.05, 0.1) is 5.56 Å². The van der Waals surface area contributed by atoms with Crippen molar-refractivity contribution < 1.29 is 15.3 Å². The molecule has 0 aliphatic rings. The maximum atomic E-state index is 9.85. The number of nitrogens with one attached hydrogen (secondary N) is 1. The summed E-state index contributed by atoms with van der Waals surface area (Å²) in [5, 5.41) is 32.5. The molecule has 4 heteroatoms. The Balaban J connectivity index is 2.17. The smallest absolute Gasteiger partial charge is 0.124 e. The highest BCUT2D eigenvalue weighted by molar-refractivity contribution is 5.45. The third kappa shape index (κ3) is 3.03. The van der Waals surface area contributed by atoms with Gasteiger partial charge >= 0.3 is 0 Å². The first-order valence-electron chi connectivity index (χ1n) is 6.55. The van der Waals surface area contributed by atoms with Crippen molar-refractivity contribution in [2.24, 2.45) is 0 Å². The number of phenols is 3. The van der Waals surface area contributed by atoms with Gasteiger partial charge in [0.25, 0.3) is 0 Å². The second kappa shape index (κ2) is 5.84. The van der Waals surface area contributed by atoms with E-state index in [1.807, 2.05) is 19.9 Å². The Bertz CT molecular complexity index is 578. The highest BCUT2D eigenvalue weighted by atomic mass is 16.3. The van der Waals surface area contributed by atoms with Crippen LogP contribution in [0.3, 0.4) is 0 Å². The molecule has 4 N–H and O–H groups in total. The Morgan fingerprint density at radius 2 is 1.45 bits per heavy atom. The molecule has 0 aliphatic heterocycles. The Hall–Kier alpha value is -2.20. The summed E-state index contributed by atoms with van der Waals surface area (Å²) in [5.41, 5.74) is 1.41. The van der Waals surface area contributed by atoms with Gasteiger partial charge in [-0.25, -0.2) is 0 Å². The lowest BCUT2D eigenvalue weighted by Gasteiger charge is -2.22. The summed E-state index contributed by atoms with van der Waals surface area (Å²) in [5.74, 6) is 0.343. The molecular weight excluding hydrogens is 254 g/mol. The zero-order valence-electron chi connectivity index (χ0n) is 11.5. The molecule has 2 atom stereocenters. The highest BCUT2D eigenvalue weighted by Crippen LogP contribution is 2.33. The summed E-state index contributed by atoms with van der Waals surface area (Å²) in [7, 11) is 0. The maximum Gasteiger partial charge on any atom is 0.124 e. The van der Waals surface area contributed by atoms with Gasteiger partial charge in [-0.3, -0.25) is 0 Å². The molecule has 2 unspecified atom stereocenters. The fraction of sp³-hybridized carbons (Fsp3) is 0.250. The van der Waals surface area contributed by atoms with Crippen LogP contribution in [0.5, 0.6) is 17.2 Å². The van der Waals surface area contributed by atoms with Gasteiger partial charge in [0, 0.05) is 12.1 Å². The van der Waals surface area contributed by atoms with E-state index in [0.29, 0.717) is 5.56 Å². The van der Waals surface area contributed by atoms with Crippen LogP contribution in [0.15, 0.2) is 42.5 Å². The molecule has 0 spiro atoms. The molecule has 2 aromatic carbocycles. The highest BCUT2D eigenvalue weighted by Gasteiger charge is 2.17. The standard InChI is InChI=1S/C16H19NO3/c1-10(12-5-3-6-13(18)9-12)17-11(2)16-14(19)7-4-8-15(16)20/h3-11,17-20H,1-2H3. The topological polar surface area (TPSA) is 72.7 Å². The molecule has 0 amide bonds. The molecule has 4 nitrogen and oxygen atoms in total. The Morgan fingerprint density at radius 3 is 2.05 bits per heavy atom. The largest absolute Gasteiger partial charge is 0.508 e. The average Bonchev–Trinajstić information content (AvgIpc) is 2.38. The van der Waals surface area contributed by atoms with Crippen molar-refractivity contribution in [1.82, 2.24) is 5.32 Å². The van der Waals surface area contributed by atoms with Crippen molar-refractivity contribution in [3.63, 3.8) is 0 Å². The van der Waals surface area contributed by atoms with Crippen LogP contribution in [-0.2, 0) is 0 Å². The van der Waals surface area contributed by atoms with E-state index in [0.717, 1.165) is 5.56 Å². The van der Waals surface area contributed by atoms with E-state index in [-0.39, 0.29) is 29.3 Å². The van der Waals surface area contributed by atoms with Crippen LogP contribution in [-0.4, -0.2) is 15.3 Å². The Labute approximate surface area is 118 Å². The van der Waals surface area contributed by atoms with Gasteiger partial charge in [0.15, 0.2) is 0 Å². The second-order valence-corrected chi connectivity index (χ2v) is 4.91. The van der Waals surface area contributed by atoms with Crippen molar-refractivity contribution in [2.75, 3.05) is 0 Å². The molecule has 2 aromatic rings. The Kier molecular flexibility index (Phi) is 4.15. The summed E-state index contributed by atoms with van der Waals surface area (Å²) < 4.78 is 0. The predicted octanol–water partition coefficient (Wildman–Crippen LogP) is 3.22. The summed E-state index contributed by atoms with van der Waals surface area (Å²) in [4.78, 5) is 0. The van der Waals surface area contributed by atoms with Crippen LogP contribution in [0.4, 0.5) is 0 Å². The van der Waals surface area contributed by atoms with E-state index >= 15 is 0 Å². The lowest BCUT2D eigenvalue weighted by molar-refractivity contribution is 0.406. The molecule has 106 valence electrons. The van der Waals surface area contributed by atoms with Gasteiger partial charge in [0.1, 0.15) is 17.2 Å². The average molecular weight is 273 g/mol. The lowest BCUT2D eigenvalue weighted by Crippen LogP contribution is -2.22. The van der Waals surface area contributed by atoms with Crippen LogP contribution in [0, 0.1) is 0 Å². The van der Waals surface area contributed by atoms with E-state index < -0.39 is 0 Å². The van der Waals surface area contributed by atoms with Gasteiger partial charge in [-0.15, -0.1) is 0 Å². The van der Waals surface area contributed by atoms with Crippen LogP contribution in [0.25, 0.3) is 0 Å². The van der Waals surface area contributed by atoms with E-state index in [4.69, 9.17) is 0 Å². The molecule has 0 fully saturated rings. The van der Waals surface area contributed by atoms with Gasteiger partial charge in [0.2, 0.25) is 0 Å². The maximum absolute atomic E-state index is 9.85. The number of aromatic hydroxyl groups is 3. The predicted molar refractivity (Wildman–Crippen MR) is 77.8 cm³/mol. The molecule has 2 rings (SSSR count). The van der Waals surface area contributed by atoms with Crippen molar-refractivity contribution >= 4 is 0 Å². The zero-order valence-corrected chi connectivity index (χ0v) is 11.5. The third-order valence-corrected chi connectivity index (χ3v) is 3.36. The molecule has 0 aliphatic carbocycles. The molecule has 0 aromatic heterocycles. The van der Waals surface area contributed by atoms with Gasteiger partial charge < -0.3 is 20.6 Å². The first-order valence-corrected chi connectivity index (χ1v) is 6.55. The van der Waals surface area contributed by atoms with E-state index in [1.54, 1.807) is 36.4 Å². The van der Waals surface area contributed by atoms with E-state index in [9.17, 15) is 15.3 Å². The molecule has 0 heterocycles. The normalized spacial score (nSPS) is 13.9. The zero-order chi connectivity index (χ0) is 14.7. The minimum Gasteiger partial charge on any atom is -0.508 e. The SMILES string of the molecule is CC(NC(C)c1c(O)cccc1O)c1cccc(O)c1. The van der Waals surface area contributed by atoms with Gasteiger partial charge in [-0.2, -0.15) is 0 Å². The quantitative estimate of drug-likeness (QED) is 0.690. The van der Waals surface area contributed by atoms with Crippen molar-refractivity contribution in [1.29, 1.82) is 0 Å². The number of hydrogen-bond acceptors (Lipinski definition) is 4. The van der Waals surface area contributed by atoms with Gasteiger partial charge in [-0.1, -0.05) is 18.2 Å². The van der Waals surface area contributed by atoms with Crippen LogP contribution in [0.2, 0.25) is 0 Å². The second-order valence-electron chi connectivity index (χ2n) is 4.91. The Morgan fingerprint density at radius 1 is 0.850 bits per heavy atom. The molecule has 20 heavy (non-hydrogen) atoms. The number of phenolic OH excluding ortho intramolecular Hbond substituents is 3. The molecule has 0 bridgehead atoms. The monoisotopic (exact) mass is 273 g/mol. The molecule has 0 saturated carbocycles. The lowest BCUT2D eigenvalue weighted by atomic mass is 10.0. The molecular formula is C16H19NO3. The minimum absolute atomic E-state index is 0.0314. The summed E-state index contributed by atoms with van der Waals surface area (Å²) in [6, 6.07) is 11.4. The van der Waals surface area contributed by atoms with Crippen molar-refractivity contribution in [2.45, 2.75) is 25.9 Å². The van der Waals surface area contributed by atoms with Crippen LogP contribution in [0.1, 0.15) is 37.1 Å². The number of benzene rings is 2. The fourth-order valence-corrected chi connectivity index (χ4v) is 2.33. The van der Waals surface area contributed by atoms with Crippen molar-refractivity contribution in [3.05, 3.63) is 53.6 Å². The number of hydrogen-bond donors (Lipinski definition) is 4. The first kappa shape index (κ1) is 14.2. The fourth-order valence-electron chi connectivity index (χ4n) is 2.33. The van der Waals surface area contributed by atoms with E-state index in [2.05, 4.69) is 5.32 Å². The van der Waals surface area contributed by atoms with Crippen LogP contribution >= 0.6 is 0 Å². The third-order valence-electron chi connectivity index (χ3n) is 3.36. The summed E-state index contributed by atoms with van der Waals surface area (Å²) in [6.45, 7) is 3.83.